The van der Waals surface area contributed by atoms with Crippen molar-refractivity contribution in [3.8, 4) is 11.8 Å². The number of alkyl halides is 2. The molecule has 0 heterocycles. The lowest BCUT2D eigenvalue weighted by molar-refractivity contribution is 0.0638. The van der Waals surface area contributed by atoms with Crippen molar-refractivity contribution in [3.63, 3.8) is 0 Å². The van der Waals surface area contributed by atoms with Crippen LogP contribution in [0.2, 0.25) is 0 Å². The molecule has 0 fully saturated rings. The number of Topliss-reactive ketones (excluding diaryl/α,β-unsaturated/α-hetero) is 1. The van der Waals surface area contributed by atoms with Crippen LogP contribution in [-0.2, 0) is 5.92 Å². The molecule has 0 N–H and O–H groups in total. The normalized spacial score (nSPS) is 10.6. The summed E-state index contributed by atoms with van der Waals surface area (Å²) in [5.74, 6) is 1.02. The third-order valence-electron chi connectivity index (χ3n) is 2.79. The summed E-state index contributed by atoms with van der Waals surface area (Å²) in [5, 5.41) is 0. The van der Waals surface area contributed by atoms with Crippen LogP contribution in [0.5, 0.6) is 0 Å². The highest BCUT2D eigenvalue weighted by molar-refractivity contribution is 5.94. The molecule has 0 amide bonds. The van der Waals surface area contributed by atoms with Gasteiger partial charge in [-0.2, -0.15) is 8.78 Å². The second-order valence-corrected chi connectivity index (χ2v) is 4.32. The summed E-state index contributed by atoms with van der Waals surface area (Å²) in [7, 11) is 0. The van der Waals surface area contributed by atoms with Crippen LogP contribution in [0, 0.1) is 11.8 Å². The van der Waals surface area contributed by atoms with E-state index in [1.54, 1.807) is 30.3 Å². The number of hydrogen-bond donors (Lipinski definition) is 0. The van der Waals surface area contributed by atoms with Gasteiger partial charge in [0.25, 0.3) is 0 Å². The molecular weight excluding hydrogens is 258 g/mol. The molecule has 0 aliphatic carbocycles. The first-order chi connectivity index (χ1) is 9.49. The Balaban J connectivity index is 2.26. The summed E-state index contributed by atoms with van der Waals surface area (Å²) < 4.78 is 27.8. The maximum Gasteiger partial charge on any atom is 0.333 e. The fourth-order valence-corrected chi connectivity index (χ4v) is 1.66. The van der Waals surface area contributed by atoms with E-state index in [0.29, 0.717) is 11.1 Å². The molecule has 0 saturated heterocycles. The summed E-state index contributed by atoms with van der Waals surface area (Å²) in [6.45, 7) is 1.39. The van der Waals surface area contributed by atoms with E-state index in [4.69, 9.17) is 0 Å². The van der Waals surface area contributed by atoms with Gasteiger partial charge in [-0.05, 0) is 25.0 Å². The van der Waals surface area contributed by atoms with Crippen LogP contribution in [-0.4, -0.2) is 5.78 Å². The number of rotatable bonds is 2. The largest absolute Gasteiger partial charge is 0.333 e. The van der Waals surface area contributed by atoms with Gasteiger partial charge in [-0.1, -0.05) is 48.4 Å². The monoisotopic (exact) mass is 270 g/mol. The van der Waals surface area contributed by atoms with Gasteiger partial charge in [0.15, 0.2) is 5.78 Å². The zero-order valence-electron chi connectivity index (χ0n) is 10.9. The second kappa shape index (κ2) is 5.66. The Hall–Kier alpha value is -2.47. The molecule has 2 aromatic rings. The van der Waals surface area contributed by atoms with Gasteiger partial charge < -0.3 is 0 Å². The van der Waals surface area contributed by atoms with Crippen LogP contribution < -0.4 is 0 Å². The van der Waals surface area contributed by atoms with Gasteiger partial charge in [-0.15, -0.1) is 0 Å². The highest BCUT2D eigenvalue weighted by Gasteiger charge is 2.28. The number of benzene rings is 2. The van der Waals surface area contributed by atoms with Crippen molar-refractivity contribution >= 4 is 5.78 Å². The van der Waals surface area contributed by atoms with E-state index in [1.807, 2.05) is 5.92 Å². The first-order valence-electron chi connectivity index (χ1n) is 6.06. The smallest absolute Gasteiger partial charge is 0.295 e. The SMILES string of the molecule is CC(=O)c1ccc(C(F)(F)C#Cc2ccccc2)cc1. The van der Waals surface area contributed by atoms with E-state index in [1.165, 1.54) is 31.2 Å². The van der Waals surface area contributed by atoms with Crippen molar-refractivity contribution in [1.82, 2.24) is 0 Å². The van der Waals surface area contributed by atoms with Gasteiger partial charge in [-0.25, -0.2) is 0 Å². The lowest BCUT2D eigenvalue weighted by Gasteiger charge is -2.09. The fraction of sp³-hybridized carbons (Fsp3) is 0.118. The molecule has 0 aliphatic heterocycles. The molecule has 0 atom stereocenters. The van der Waals surface area contributed by atoms with E-state index in [2.05, 4.69) is 5.92 Å². The standard InChI is InChI=1S/C17H12F2O/c1-13(20)15-7-9-16(10-8-15)17(18,19)12-11-14-5-3-2-4-6-14/h2-10H,1H3. The molecule has 0 aliphatic rings. The molecule has 0 radical (unpaired) electrons. The van der Waals surface area contributed by atoms with Crippen LogP contribution in [0.25, 0.3) is 0 Å². The van der Waals surface area contributed by atoms with Crippen LogP contribution in [0.1, 0.15) is 28.4 Å². The van der Waals surface area contributed by atoms with E-state index in [-0.39, 0.29) is 11.3 Å². The molecule has 2 aromatic carbocycles. The number of hydrogen-bond acceptors (Lipinski definition) is 1. The quantitative estimate of drug-likeness (QED) is 0.594. The third kappa shape index (κ3) is 3.30. The zero-order valence-corrected chi connectivity index (χ0v) is 10.9. The van der Waals surface area contributed by atoms with Gasteiger partial charge in [-0.3, -0.25) is 4.79 Å². The molecule has 100 valence electrons. The average Bonchev–Trinajstić information content (AvgIpc) is 2.46. The Labute approximate surface area is 116 Å². The van der Waals surface area contributed by atoms with Crippen molar-refractivity contribution in [2.24, 2.45) is 0 Å². The molecule has 1 nitrogen and oxygen atoms in total. The van der Waals surface area contributed by atoms with Crippen LogP contribution in [0.15, 0.2) is 54.6 Å². The lowest BCUT2D eigenvalue weighted by atomic mass is 10.0. The maximum atomic E-state index is 13.9. The van der Waals surface area contributed by atoms with Crippen LogP contribution in [0.3, 0.4) is 0 Å². The Morgan fingerprint density at radius 2 is 1.60 bits per heavy atom. The predicted octanol–water partition coefficient (Wildman–Crippen LogP) is 4.03. The minimum Gasteiger partial charge on any atom is -0.295 e. The second-order valence-electron chi connectivity index (χ2n) is 4.32. The Morgan fingerprint density at radius 1 is 1.00 bits per heavy atom. The van der Waals surface area contributed by atoms with Crippen LogP contribution in [0.4, 0.5) is 8.78 Å². The molecule has 0 spiro atoms. The first-order valence-corrected chi connectivity index (χ1v) is 6.06. The molecule has 0 aromatic heterocycles. The van der Waals surface area contributed by atoms with Crippen molar-refractivity contribution in [3.05, 3.63) is 71.3 Å². The summed E-state index contributed by atoms with van der Waals surface area (Å²) in [5.41, 5.74) is 0.721. The maximum absolute atomic E-state index is 13.9. The molecule has 2 rings (SSSR count). The van der Waals surface area contributed by atoms with Gasteiger partial charge in [0.2, 0.25) is 0 Å². The Bertz CT molecular complexity index is 662. The number of ketones is 1. The predicted molar refractivity (Wildman–Crippen MR) is 73.7 cm³/mol. The Morgan fingerprint density at radius 3 is 2.15 bits per heavy atom. The molecule has 0 saturated carbocycles. The van der Waals surface area contributed by atoms with Gasteiger partial charge in [0.1, 0.15) is 0 Å². The molecule has 0 unspecified atom stereocenters. The van der Waals surface area contributed by atoms with E-state index >= 15 is 0 Å². The van der Waals surface area contributed by atoms with E-state index in [9.17, 15) is 13.6 Å². The van der Waals surface area contributed by atoms with Gasteiger partial charge in [0, 0.05) is 16.7 Å². The summed E-state index contributed by atoms with van der Waals surface area (Å²) >= 11 is 0. The highest BCUT2D eigenvalue weighted by atomic mass is 19.3. The average molecular weight is 270 g/mol. The molecule has 3 heteroatoms. The van der Waals surface area contributed by atoms with E-state index in [0.717, 1.165) is 0 Å². The van der Waals surface area contributed by atoms with Gasteiger partial charge in [0.05, 0.1) is 0 Å². The van der Waals surface area contributed by atoms with Crippen molar-refractivity contribution < 1.29 is 13.6 Å². The Kier molecular flexibility index (Phi) is 3.95. The minimum atomic E-state index is -3.24. The van der Waals surface area contributed by atoms with Gasteiger partial charge >= 0.3 is 5.92 Å². The number of halogens is 2. The summed E-state index contributed by atoms with van der Waals surface area (Å²) in [4.78, 5) is 11.1. The van der Waals surface area contributed by atoms with Crippen molar-refractivity contribution in [1.29, 1.82) is 0 Å². The topological polar surface area (TPSA) is 17.1 Å². The molecule has 20 heavy (non-hydrogen) atoms. The number of carbonyl (C=O) groups excluding carboxylic acids is 1. The molecular formula is C17H12F2O. The van der Waals surface area contributed by atoms with Crippen molar-refractivity contribution in [2.75, 3.05) is 0 Å². The zero-order chi connectivity index (χ0) is 14.6. The third-order valence-corrected chi connectivity index (χ3v) is 2.79. The summed E-state index contributed by atoms with van der Waals surface area (Å²) in [6, 6.07) is 13.8. The van der Waals surface area contributed by atoms with E-state index < -0.39 is 5.92 Å². The van der Waals surface area contributed by atoms with Crippen LogP contribution >= 0.6 is 0 Å². The first kappa shape index (κ1) is 14.0. The van der Waals surface area contributed by atoms with Crippen molar-refractivity contribution in [2.45, 2.75) is 12.8 Å². The fourth-order valence-electron chi connectivity index (χ4n) is 1.66. The minimum absolute atomic E-state index is 0.157. The number of carbonyl (C=O) groups is 1. The summed E-state index contributed by atoms with van der Waals surface area (Å²) in [6.07, 6.45) is 0. The lowest BCUT2D eigenvalue weighted by Crippen LogP contribution is -2.10. The highest BCUT2D eigenvalue weighted by Crippen LogP contribution is 2.27. The molecule has 0 bridgehead atoms.